The number of hydrogen-bond donors (Lipinski definition) is 2. The smallest absolute Gasteiger partial charge is 0.640 e. The topological polar surface area (TPSA) is 143 Å². The molecule has 0 aliphatic carbocycles. The Bertz CT molecular complexity index is 1140. The van der Waals surface area contributed by atoms with Gasteiger partial charge in [0.15, 0.2) is 13.1 Å². The van der Waals surface area contributed by atoms with E-state index in [4.69, 9.17) is 0 Å². The van der Waals surface area contributed by atoms with Crippen LogP contribution < -0.4 is 68.9 Å². The van der Waals surface area contributed by atoms with E-state index < -0.39 is 13.9 Å². The summed E-state index contributed by atoms with van der Waals surface area (Å²) in [5, 5.41) is 8.94. The minimum Gasteiger partial charge on any atom is -0.640 e. The van der Waals surface area contributed by atoms with Crippen LogP contribution in [0.2, 0.25) is 0 Å². The Labute approximate surface area is 208 Å². The maximum absolute atomic E-state index is 12.9. The van der Waals surface area contributed by atoms with Gasteiger partial charge in [-0.1, -0.05) is 18.2 Å². The molecule has 0 saturated heterocycles. The molecule has 132 valence electrons. The molecular weight excluding hydrogens is 423 g/mol. The largest absolute Gasteiger partial charge is 1.00 e. The van der Waals surface area contributed by atoms with E-state index in [1.807, 2.05) is 0 Å². The van der Waals surface area contributed by atoms with Gasteiger partial charge in [-0.2, -0.15) is 5.10 Å². The zero-order chi connectivity index (χ0) is 18.5. The normalized spacial score (nSPS) is 11.1. The van der Waals surface area contributed by atoms with Crippen molar-refractivity contribution >= 4 is 36.1 Å². The number of nitrogens with one attached hydrogen (secondary N) is 1. The van der Waals surface area contributed by atoms with Crippen molar-refractivity contribution in [1.82, 2.24) is 24.5 Å². The summed E-state index contributed by atoms with van der Waals surface area (Å²) in [6.07, 6.45) is 1.11. The first-order valence-corrected chi connectivity index (χ1v) is 9.80. The third-order valence-corrected chi connectivity index (χ3v) is 5.45. The molecule has 3 aromatic heterocycles. The standard InChI is InChI=1S/C15H12N5O4PS.2Na/c1-8-16-14(19-18-8)11-7-26-15(17-11)13(21)10-6-20(25(22,23)24)12-5-3-2-4-9(10)12;;/h2-7H,1H3,(H,16,18,19)(H2,22,23,24);;/q;2*+1/p-1. The van der Waals surface area contributed by atoms with Crippen LogP contribution in [0, 0.1) is 6.92 Å². The Morgan fingerprint density at radius 3 is 2.61 bits per heavy atom. The van der Waals surface area contributed by atoms with E-state index in [1.54, 1.807) is 30.5 Å². The number of ketones is 1. The second-order valence-electron chi connectivity index (χ2n) is 5.51. The van der Waals surface area contributed by atoms with E-state index in [1.165, 1.54) is 6.07 Å². The molecule has 0 bridgehead atoms. The van der Waals surface area contributed by atoms with Crippen molar-refractivity contribution in [2.45, 2.75) is 6.92 Å². The number of fused-ring (bicyclic) bond motifs is 1. The number of thiazole rings is 1. The van der Waals surface area contributed by atoms with Gasteiger partial charge in [-0.3, -0.25) is 9.89 Å². The van der Waals surface area contributed by atoms with E-state index in [9.17, 15) is 19.5 Å². The number of rotatable bonds is 4. The number of H-pyrrole nitrogens is 1. The van der Waals surface area contributed by atoms with Gasteiger partial charge in [0, 0.05) is 10.8 Å². The number of nitrogens with zero attached hydrogens (tertiary/aromatic N) is 4. The van der Waals surface area contributed by atoms with Crippen LogP contribution in [0.3, 0.4) is 0 Å². The van der Waals surface area contributed by atoms with Crippen LogP contribution in [-0.4, -0.2) is 35.2 Å². The van der Waals surface area contributed by atoms with Crippen LogP contribution in [0.5, 0.6) is 0 Å². The van der Waals surface area contributed by atoms with Crippen molar-refractivity contribution < 1.29 is 78.6 Å². The van der Waals surface area contributed by atoms with E-state index in [0.717, 1.165) is 17.5 Å². The minimum atomic E-state index is -4.84. The summed E-state index contributed by atoms with van der Waals surface area (Å²) < 4.78 is 0.697. The number of aromatic nitrogens is 5. The number of para-hydroxylation sites is 1. The molecule has 4 rings (SSSR count). The molecule has 0 amide bonds. The zero-order valence-electron chi connectivity index (χ0n) is 15.3. The van der Waals surface area contributed by atoms with Gasteiger partial charge in [-0.05, 0) is 13.0 Å². The second-order valence-corrected chi connectivity index (χ2v) is 7.78. The molecule has 0 fully saturated rings. The van der Waals surface area contributed by atoms with Crippen molar-refractivity contribution in [1.29, 1.82) is 0 Å². The fourth-order valence-corrected chi connectivity index (χ4v) is 4.06. The van der Waals surface area contributed by atoms with Crippen LogP contribution in [0.4, 0.5) is 0 Å². The summed E-state index contributed by atoms with van der Waals surface area (Å²) in [4.78, 5) is 53.9. The van der Waals surface area contributed by atoms with Crippen LogP contribution in [0.1, 0.15) is 21.2 Å². The van der Waals surface area contributed by atoms with Crippen LogP contribution >= 0.6 is 19.4 Å². The Kier molecular flexibility index (Phi) is 7.74. The third-order valence-electron chi connectivity index (χ3n) is 3.73. The first-order chi connectivity index (χ1) is 12.3. The predicted molar refractivity (Wildman–Crippen MR) is 92.1 cm³/mol. The Hall–Kier alpha value is -0.490. The number of benzene rings is 1. The van der Waals surface area contributed by atoms with Gasteiger partial charge >= 0.3 is 59.1 Å². The number of carbonyl (C=O) groups is 1. The first-order valence-electron chi connectivity index (χ1n) is 7.39. The molecule has 0 radical (unpaired) electrons. The molecule has 3 heterocycles. The van der Waals surface area contributed by atoms with Gasteiger partial charge in [0.25, 0.3) is 0 Å². The Balaban J connectivity index is 0.00000140. The molecule has 0 atom stereocenters. The molecular formula is C15H11N5Na2O4PS+. The van der Waals surface area contributed by atoms with Crippen molar-refractivity contribution in [3.8, 4) is 11.5 Å². The van der Waals surface area contributed by atoms with Crippen LogP contribution in [-0.2, 0) is 0 Å². The van der Waals surface area contributed by atoms with E-state index in [-0.39, 0.29) is 75.2 Å². The Morgan fingerprint density at radius 1 is 1.25 bits per heavy atom. The average molecular weight is 434 g/mol. The van der Waals surface area contributed by atoms with Crippen LogP contribution in [0.15, 0.2) is 35.8 Å². The first kappa shape index (κ1) is 23.8. The summed E-state index contributed by atoms with van der Waals surface area (Å²) in [6.45, 7) is 1.75. The van der Waals surface area contributed by atoms with E-state index in [2.05, 4.69) is 20.2 Å². The molecule has 0 unspecified atom stereocenters. The molecule has 2 N–H and O–H groups in total. The Morgan fingerprint density at radius 2 is 1.96 bits per heavy atom. The molecule has 28 heavy (non-hydrogen) atoms. The van der Waals surface area contributed by atoms with Crippen LogP contribution in [0.25, 0.3) is 22.4 Å². The molecule has 0 spiro atoms. The summed E-state index contributed by atoms with van der Waals surface area (Å²) in [5.74, 6) is 0.551. The van der Waals surface area contributed by atoms with E-state index in [0.29, 0.717) is 27.1 Å². The number of carbonyl (C=O) groups excluding carboxylic acids is 1. The molecule has 4 aromatic rings. The van der Waals surface area contributed by atoms with Gasteiger partial charge < -0.3 is 9.79 Å². The van der Waals surface area contributed by atoms with Crippen molar-refractivity contribution in [2.75, 3.05) is 0 Å². The fourth-order valence-electron chi connectivity index (χ4n) is 2.61. The zero-order valence-corrected chi connectivity index (χ0v) is 21.0. The van der Waals surface area contributed by atoms with Crippen molar-refractivity contribution in [3.05, 3.63) is 52.2 Å². The molecule has 13 heteroatoms. The van der Waals surface area contributed by atoms with E-state index >= 15 is 0 Å². The number of hydrogen-bond acceptors (Lipinski definition) is 8. The molecule has 0 saturated carbocycles. The van der Waals surface area contributed by atoms with Gasteiger partial charge in [0.05, 0.1) is 17.3 Å². The predicted octanol–water partition coefficient (Wildman–Crippen LogP) is -5.33. The maximum Gasteiger partial charge on any atom is 1.00 e. The maximum atomic E-state index is 12.9. The molecule has 1 aromatic carbocycles. The second kappa shape index (κ2) is 9.11. The number of aryl methyl sites for hydroxylation is 1. The quantitative estimate of drug-likeness (QED) is 0.186. The van der Waals surface area contributed by atoms with Gasteiger partial charge in [0.2, 0.25) is 11.6 Å². The molecule has 0 aliphatic rings. The molecule has 9 nitrogen and oxygen atoms in total. The summed E-state index contributed by atoms with van der Waals surface area (Å²) in [5.41, 5.74) is 0.805. The SMILES string of the molecule is Cc1nc(-c2csc(C(=O)c3cn([P+]([O-])([O-])O)c4ccccc34)n2)n[nH]1.[Na+].[Na+]. The monoisotopic (exact) mass is 434 g/mol. The minimum absolute atomic E-state index is 0. The van der Waals surface area contributed by atoms with Crippen molar-refractivity contribution in [2.24, 2.45) is 0 Å². The summed E-state index contributed by atoms with van der Waals surface area (Å²) in [6, 6.07) is 6.43. The average Bonchev–Trinajstić information content (AvgIpc) is 3.31. The van der Waals surface area contributed by atoms with Gasteiger partial charge in [0.1, 0.15) is 11.5 Å². The fraction of sp³-hybridized carbons (Fsp3) is 0.0667. The van der Waals surface area contributed by atoms with Crippen molar-refractivity contribution in [3.63, 3.8) is 0 Å². The third kappa shape index (κ3) is 4.48. The summed E-state index contributed by atoms with van der Waals surface area (Å²) >= 11 is 1.11. The van der Waals surface area contributed by atoms with Gasteiger partial charge in [-0.15, -0.1) is 11.3 Å². The number of aromatic amines is 1. The summed E-state index contributed by atoms with van der Waals surface area (Å²) in [7, 11) is -4.84. The molecule has 0 aliphatic heterocycles. The van der Waals surface area contributed by atoms with Gasteiger partial charge in [-0.25, -0.2) is 19.2 Å².